The molecule has 0 bridgehead atoms. The van der Waals surface area contributed by atoms with Gasteiger partial charge in [0, 0.05) is 17.8 Å². The number of rotatable bonds is 6. The molecule has 0 aliphatic heterocycles. The van der Waals surface area contributed by atoms with Gasteiger partial charge in [0.2, 0.25) is 10.4 Å². The van der Waals surface area contributed by atoms with Gasteiger partial charge in [-0.1, -0.05) is 66.7 Å². The van der Waals surface area contributed by atoms with Crippen molar-refractivity contribution in [3.8, 4) is 5.75 Å². The summed E-state index contributed by atoms with van der Waals surface area (Å²) in [6, 6.07) is 25.6. The van der Waals surface area contributed by atoms with Crippen molar-refractivity contribution in [1.82, 2.24) is 4.90 Å². The van der Waals surface area contributed by atoms with Crippen molar-refractivity contribution in [3.05, 3.63) is 78.4 Å². The second-order valence-electron chi connectivity index (χ2n) is 6.43. The molecule has 3 aromatic carbocycles. The van der Waals surface area contributed by atoms with Crippen molar-refractivity contribution in [3.63, 3.8) is 0 Å². The molecule has 1 atom stereocenters. The van der Waals surface area contributed by atoms with Crippen molar-refractivity contribution in [2.45, 2.75) is 12.5 Å². The smallest absolute Gasteiger partial charge is 0.726 e. The van der Waals surface area contributed by atoms with Crippen molar-refractivity contribution in [1.29, 1.82) is 0 Å². The van der Waals surface area contributed by atoms with Crippen LogP contribution in [0.4, 0.5) is 0 Å². The fourth-order valence-electron chi connectivity index (χ4n) is 3.00. The zero-order chi connectivity index (χ0) is 20.6. The predicted octanol–water partition coefficient (Wildman–Crippen LogP) is 0.920. The maximum atomic E-state index is 8.63. The SMILES string of the molecule is CN(C)[C@@H](CCOc1cccc2ccccc12)c1ccccc1.O=S(=O)([O-])O.[Na+]. The molecular weight excluding hydrogens is 401 g/mol. The van der Waals surface area contributed by atoms with Crippen LogP contribution in [0.5, 0.6) is 5.75 Å². The average molecular weight is 425 g/mol. The van der Waals surface area contributed by atoms with Crippen LogP contribution in [-0.4, -0.2) is 43.1 Å². The molecule has 0 heterocycles. The molecule has 0 saturated heterocycles. The zero-order valence-corrected chi connectivity index (χ0v) is 19.7. The Balaban J connectivity index is 0.000000628. The van der Waals surface area contributed by atoms with Crippen LogP contribution in [0.25, 0.3) is 10.8 Å². The van der Waals surface area contributed by atoms with Crippen LogP contribution in [0.15, 0.2) is 72.8 Å². The third-order valence-electron chi connectivity index (χ3n) is 4.21. The van der Waals surface area contributed by atoms with Crippen molar-refractivity contribution in [2.24, 2.45) is 0 Å². The molecule has 0 amide bonds. The number of hydrogen-bond donors (Lipinski definition) is 1. The first kappa shape index (κ1) is 25.6. The summed E-state index contributed by atoms with van der Waals surface area (Å²) in [6.07, 6.45) is 0.959. The Morgan fingerprint density at radius 3 is 2.14 bits per heavy atom. The molecule has 8 heteroatoms. The number of benzene rings is 3. The molecule has 150 valence electrons. The maximum absolute atomic E-state index is 8.63. The van der Waals surface area contributed by atoms with Crippen molar-refractivity contribution >= 4 is 21.2 Å². The van der Waals surface area contributed by atoms with Gasteiger partial charge >= 0.3 is 29.6 Å². The van der Waals surface area contributed by atoms with Gasteiger partial charge in [0.05, 0.1) is 6.61 Å². The summed E-state index contributed by atoms with van der Waals surface area (Å²) in [6.45, 7) is 0.700. The molecular formula is C21H24NNaO5S. The Morgan fingerprint density at radius 2 is 1.52 bits per heavy atom. The first-order valence-corrected chi connectivity index (χ1v) is 10.1. The molecule has 3 rings (SSSR count). The van der Waals surface area contributed by atoms with Gasteiger partial charge in [0.15, 0.2) is 0 Å². The standard InChI is InChI=1S/C21H23NO.Na.H2O4S/c1-22(2)20(18-10-4-3-5-11-18)15-16-23-21-14-8-12-17-9-6-7-13-19(17)21;;1-5(2,3)4/h3-14,20H,15-16H2,1-2H3;;(H2,1,2,3,4)/q;+1;/p-1/t20-;;/m0../s1. The summed E-state index contributed by atoms with van der Waals surface area (Å²) in [5.41, 5.74) is 1.33. The zero-order valence-electron chi connectivity index (χ0n) is 16.9. The van der Waals surface area contributed by atoms with Gasteiger partial charge in [0.25, 0.3) is 0 Å². The summed E-state index contributed by atoms with van der Waals surface area (Å²) >= 11 is 0. The second kappa shape index (κ2) is 12.3. The largest absolute Gasteiger partial charge is 1.00 e. The fraction of sp³-hybridized carbons (Fsp3) is 0.238. The van der Waals surface area contributed by atoms with E-state index in [1.807, 2.05) is 0 Å². The summed E-state index contributed by atoms with van der Waals surface area (Å²) in [4.78, 5) is 2.25. The number of hydrogen-bond acceptors (Lipinski definition) is 5. The monoisotopic (exact) mass is 425 g/mol. The molecule has 0 aromatic heterocycles. The number of ether oxygens (including phenoxy) is 1. The van der Waals surface area contributed by atoms with E-state index in [2.05, 4.69) is 91.8 Å². The molecule has 0 aliphatic rings. The van der Waals surface area contributed by atoms with Crippen LogP contribution in [0.3, 0.4) is 0 Å². The van der Waals surface area contributed by atoms with E-state index in [9.17, 15) is 0 Å². The van der Waals surface area contributed by atoms with Gasteiger partial charge in [-0.05, 0) is 31.1 Å². The summed E-state index contributed by atoms with van der Waals surface area (Å²) in [5, 5.41) is 2.40. The molecule has 0 fully saturated rings. The minimum absolute atomic E-state index is 0. The van der Waals surface area contributed by atoms with Crippen molar-refractivity contribution < 1.29 is 51.8 Å². The number of fused-ring (bicyclic) bond motifs is 1. The topological polar surface area (TPSA) is 89.9 Å². The van der Waals surface area contributed by atoms with Crippen LogP contribution in [0.1, 0.15) is 18.0 Å². The van der Waals surface area contributed by atoms with E-state index in [0.29, 0.717) is 12.6 Å². The van der Waals surface area contributed by atoms with Gasteiger partial charge in [0.1, 0.15) is 5.75 Å². The van der Waals surface area contributed by atoms with Crippen LogP contribution in [0.2, 0.25) is 0 Å². The molecule has 6 nitrogen and oxygen atoms in total. The maximum Gasteiger partial charge on any atom is 1.00 e. The second-order valence-corrected chi connectivity index (χ2v) is 7.29. The van der Waals surface area contributed by atoms with E-state index in [1.165, 1.54) is 16.3 Å². The molecule has 0 aliphatic carbocycles. The van der Waals surface area contributed by atoms with E-state index in [0.717, 1.165) is 12.2 Å². The minimum Gasteiger partial charge on any atom is -0.726 e. The Bertz CT molecular complexity index is 967. The average Bonchev–Trinajstić information content (AvgIpc) is 2.64. The predicted molar refractivity (Wildman–Crippen MR) is 109 cm³/mol. The first-order valence-electron chi connectivity index (χ1n) is 8.76. The van der Waals surface area contributed by atoms with E-state index < -0.39 is 10.4 Å². The summed E-state index contributed by atoms with van der Waals surface area (Å²) < 4.78 is 38.9. The molecule has 0 spiro atoms. The third-order valence-corrected chi connectivity index (χ3v) is 4.21. The van der Waals surface area contributed by atoms with Gasteiger partial charge in [-0.2, -0.15) is 0 Å². The third kappa shape index (κ3) is 9.27. The molecule has 3 aromatic rings. The Morgan fingerprint density at radius 1 is 0.966 bits per heavy atom. The Hall–Kier alpha value is -1.45. The molecule has 0 radical (unpaired) electrons. The molecule has 1 N–H and O–H groups in total. The van der Waals surface area contributed by atoms with E-state index in [-0.39, 0.29) is 29.6 Å². The van der Waals surface area contributed by atoms with Crippen LogP contribution in [-0.2, 0) is 10.4 Å². The Kier molecular flexibility index (Phi) is 10.8. The van der Waals surface area contributed by atoms with E-state index in [4.69, 9.17) is 22.3 Å². The van der Waals surface area contributed by atoms with E-state index in [1.54, 1.807) is 0 Å². The first-order chi connectivity index (χ1) is 13.3. The molecule has 0 unspecified atom stereocenters. The van der Waals surface area contributed by atoms with Crippen LogP contribution in [0, 0.1) is 0 Å². The van der Waals surface area contributed by atoms with E-state index >= 15 is 0 Å². The minimum atomic E-state index is -4.92. The van der Waals surface area contributed by atoms with Crippen molar-refractivity contribution in [2.75, 3.05) is 20.7 Å². The number of nitrogens with zero attached hydrogens (tertiary/aromatic N) is 1. The summed E-state index contributed by atoms with van der Waals surface area (Å²) in [5.74, 6) is 0.966. The quantitative estimate of drug-likeness (QED) is 0.359. The van der Waals surface area contributed by atoms with Gasteiger partial charge in [-0.15, -0.1) is 0 Å². The van der Waals surface area contributed by atoms with Gasteiger partial charge in [-0.25, -0.2) is 8.42 Å². The molecule has 0 saturated carbocycles. The van der Waals surface area contributed by atoms with Gasteiger partial charge < -0.3 is 14.2 Å². The normalized spacial score (nSPS) is 11.9. The van der Waals surface area contributed by atoms with Crippen LogP contribution >= 0.6 is 0 Å². The van der Waals surface area contributed by atoms with Crippen LogP contribution < -0.4 is 34.3 Å². The summed E-state index contributed by atoms with van der Waals surface area (Å²) in [7, 11) is -0.675. The fourth-order valence-corrected chi connectivity index (χ4v) is 3.00. The van der Waals surface area contributed by atoms with Gasteiger partial charge in [-0.3, -0.25) is 4.55 Å². The molecule has 29 heavy (non-hydrogen) atoms. The Labute approximate surface area is 194 Å².